The second-order valence-corrected chi connectivity index (χ2v) is 7.82. The number of fused-ring (bicyclic) bond motifs is 1. The van der Waals surface area contributed by atoms with Crippen LogP contribution in [-0.2, 0) is 17.6 Å². The van der Waals surface area contributed by atoms with Crippen LogP contribution in [0.1, 0.15) is 16.1 Å². The van der Waals surface area contributed by atoms with Crippen LogP contribution in [0.4, 0.5) is 5.69 Å². The van der Waals surface area contributed by atoms with Gasteiger partial charge in [-0.05, 0) is 48.7 Å². The molecule has 6 heteroatoms. The van der Waals surface area contributed by atoms with Crippen LogP contribution >= 0.6 is 11.3 Å². The molecular weight excluding hydrogens is 372 g/mol. The van der Waals surface area contributed by atoms with Crippen molar-refractivity contribution in [3.8, 4) is 22.8 Å². The molecule has 144 valence electrons. The summed E-state index contributed by atoms with van der Waals surface area (Å²) in [5, 5.41) is 3.13. The van der Waals surface area contributed by atoms with E-state index in [9.17, 15) is 4.79 Å². The molecule has 0 saturated carbocycles. The maximum Gasteiger partial charge on any atom is 0.231 e. The largest absolute Gasteiger partial charge is 0.493 e. The molecule has 5 nitrogen and oxygen atoms in total. The highest BCUT2D eigenvalue weighted by Gasteiger charge is 2.25. The number of carbonyl (C=O) groups excluding carboxylic acids is 1. The smallest absolute Gasteiger partial charge is 0.231 e. The number of hydrogen-bond acceptors (Lipinski definition) is 5. The van der Waals surface area contributed by atoms with Gasteiger partial charge in [-0.25, -0.2) is 4.98 Å². The van der Waals surface area contributed by atoms with Gasteiger partial charge in [0.05, 0.1) is 31.3 Å². The Labute approximate surface area is 168 Å². The van der Waals surface area contributed by atoms with E-state index in [0.29, 0.717) is 24.5 Å². The third kappa shape index (κ3) is 3.47. The summed E-state index contributed by atoms with van der Waals surface area (Å²) < 4.78 is 10.6. The minimum Gasteiger partial charge on any atom is -0.493 e. The summed E-state index contributed by atoms with van der Waals surface area (Å²) in [5.41, 5.74) is 5.22. The molecule has 0 radical (unpaired) electrons. The third-order valence-electron chi connectivity index (χ3n) is 4.99. The van der Waals surface area contributed by atoms with E-state index in [0.717, 1.165) is 33.9 Å². The minimum atomic E-state index is 0.0863. The van der Waals surface area contributed by atoms with Crippen molar-refractivity contribution in [3.05, 3.63) is 57.9 Å². The number of aryl methyl sites for hydroxylation is 1. The van der Waals surface area contributed by atoms with Gasteiger partial charge >= 0.3 is 0 Å². The molecule has 1 aliphatic rings. The Bertz CT molecular complexity index is 1030. The van der Waals surface area contributed by atoms with Crippen molar-refractivity contribution >= 4 is 22.9 Å². The summed E-state index contributed by atoms with van der Waals surface area (Å²) in [4.78, 5) is 19.4. The molecule has 0 atom stereocenters. The molecular formula is C22H22N2O3S. The Hall–Kier alpha value is -2.86. The fourth-order valence-corrected chi connectivity index (χ4v) is 4.20. The Kier molecular flexibility index (Phi) is 5.05. The highest BCUT2D eigenvalue weighted by molar-refractivity contribution is 7.09. The molecule has 28 heavy (non-hydrogen) atoms. The van der Waals surface area contributed by atoms with Gasteiger partial charge in [-0.3, -0.25) is 4.79 Å². The van der Waals surface area contributed by atoms with Crippen molar-refractivity contribution < 1.29 is 14.3 Å². The zero-order valence-electron chi connectivity index (χ0n) is 16.2. The van der Waals surface area contributed by atoms with Gasteiger partial charge in [0.1, 0.15) is 0 Å². The summed E-state index contributed by atoms with van der Waals surface area (Å²) in [6.45, 7) is 2.72. The number of aromatic nitrogens is 1. The van der Waals surface area contributed by atoms with E-state index in [1.54, 1.807) is 25.6 Å². The van der Waals surface area contributed by atoms with Gasteiger partial charge in [0, 0.05) is 23.2 Å². The lowest BCUT2D eigenvalue weighted by atomic mass is 10.1. The van der Waals surface area contributed by atoms with Gasteiger partial charge in [0.25, 0.3) is 0 Å². The first kappa shape index (κ1) is 18.5. The van der Waals surface area contributed by atoms with Gasteiger partial charge < -0.3 is 14.4 Å². The number of anilines is 1. The van der Waals surface area contributed by atoms with Crippen molar-refractivity contribution in [2.24, 2.45) is 0 Å². The van der Waals surface area contributed by atoms with Crippen LogP contribution in [0.2, 0.25) is 0 Å². The number of nitrogens with zero attached hydrogens (tertiary/aromatic N) is 2. The monoisotopic (exact) mass is 394 g/mol. The molecule has 0 spiro atoms. The van der Waals surface area contributed by atoms with Crippen LogP contribution in [0.15, 0.2) is 41.8 Å². The standard InChI is InChI=1S/C22H22N2O3S/c1-14-23-18(13-28-14)16-5-6-19-17(12-16)8-9-24(19)22(25)11-15-4-7-20(26-2)21(10-15)27-3/h4-7,10,12-13H,8-9,11H2,1-3H3. The molecule has 0 unspecified atom stereocenters. The Balaban J connectivity index is 1.53. The van der Waals surface area contributed by atoms with Crippen molar-refractivity contribution in [1.82, 2.24) is 4.98 Å². The summed E-state index contributed by atoms with van der Waals surface area (Å²) in [6.07, 6.45) is 1.19. The second-order valence-electron chi connectivity index (χ2n) is 6.76. The molecule has 0 aliphatic carbocycles. The van der Waals surface area contributed by atoms with Gasteiger partial charge in [-0.15, -0.1) is 11.3 Å². The quantitative estimate of drug-likeness (QED) is 0.649. The molecule has 1 aromatic heterocycles. The number of carbonyl (C=O) groups is 1. The van der Waals surface area contributed by atoms with Crippen LogP contribution in [0.3, 0.4) is 0 Å². The summed E-state index contributed by atoms with van der Waals surface area (Å²) in [6, 6.07) is 11.9. The van der Waals surface area contributed by atoms with Gasteiger partial charge in [-0.1, -0.05) is 12.1 Å². The highest BCUT2D eigenvalue weighted by atomic mass is 32.1. The van der Waals surface area contributed by atoms with Crippen LogP contribution in [0.5, 0.6) is 11.5 Å². The Morgan fingerprint density at radius 2 is 1.96 bits per heavy atom. The van der Waals surface area contributed by atoms with Gasteiger partial charge in [0.15, 0.2) is 11.5 Å². The number of hydrogen-bond donors (Lipinski definition) is 0. The Morgan fingerprint density at radius 3 is 2.68 bits per heavy atom. The molecule has 2 heterocycles. The van der Waals surface area contributed by atoms with Crippen molar-refractivity contribution in [1.29, 1.82) is 0 Å². The maximum absolute atomic E-state index is 12.9. The molecule has 4 rings (SSSR count). The Morgan fingerprint density at radius 1 is 1.14 bits per heavy atom. The minimum absolute atomic E-state index is 0.0863. The lowest BCUT2D eigenvalue weighted by Gasteiger charge is -2.18. The van der Waals surface area contributed by atoms with E-state index in [4.69, 9.17) is 9.47 Å². The summed E-state index contributed by atoms with van der Waals surface area (Å²) >= 11 is 1.65. The van der Waals surface area contributed by atoms with Crippen LogP contribution in [-0.4, -0.2) is 31.7 Å². The van der Waals surface area contributed by atoms with Crippen LogP contribution in [0, 0.1) is 6.92 Å². The SMILES string of the molecule is COc1ccc(CC(=O)N2CCc3cc(-c4csc(C)n4)ccc32)cc1OC. The number of ether oxygens (including phenoxy) is 2. The van der Waals surface area contributed by atoms with E-state index in [1.165, 1.54) is 5.56 Å². The number of thiazole rings is 1. The van der Waals surface area contributed by atoms with E-state index in [2.05, 4.69) is 22.5 Å². The lowest BCUT2D eigenvalue weighted by Crippen LogP contribution is -2.30. The molecule has 2 aromatic carbocycles. The highest BCUT2D eigenvalue weighted by Crippen LogP contribution is 2.34. The fraction of sp³-hybridized carbons (Fsp3) is 0.273. The zero-order chi connectivity index (χ0) is 19.7. The molecule has 0 bridgehead atoms. The fourth-order valence-electron chi connectivity index (χ4n) is 3.58. The van der Waals surface area contributed by atoms with Crippen LogP contribution < -0.4 is 14.4 Å². The first-order valence-electron chi connectivity index (χ1n) is 9.15. The molecule has 0 fully saturated rings. The normalized spacial score (nSPS) is 12.8. The number of methoxy groups -OCH3 is 2. The summed E-state index contributed by atoms with van der Waals surface area (Å²) in [7, 11) is 3.20. The van der Waals surface area contributed by atoms with E-state index >= 15 is 0 Å². The number of benzene rings is 2. The van der Waals surface area contributed by atoms with Crippen LogP contribution in [0.25, 0.3) is 11.3 Å². The maximum atomic E-state index is 12.9. The van der Waals surface area contributed by atoms with Gasteiger partial charge in [-0.2, -0.15) is 0 Å². The topological polar surface area (TPSA) is 51.7 Å². The molecule has 1 aliphatic heterocycles. The van der Waals surface area contributed by atoms with E-state index < -0.39 is 0 Å². The van der Waals surface area contributed by atoms with E-state index in [1.807, 2.05) is 36.1 Å². The molecule has 1 amide bonds. The van der Waals surface area contributed by atoms with Crippen molar-refractivity contribution in [3.63, 3.8) is 0 Å². The number of rotatable bonds is 5. The van der Waals surface area contributed by atoms with Gasteiger partial charge in [0.2, 0.25) is 5.91 Å². The average Bonchev–Trinajstić information content (AvgIpc) is 3.33. The first-order chi connectivity index (χ1) is 13.6. The number of amides is 1. The molecule has 3 aromatic rings. The molecule has 0 N–H and O–H groups in total. The average molecular weight is 394 g/mol. The zero-order valence-corrected chi connectivity index (χ0v) is 17.0. The lowest BCUT2D eigenvalue weighted by molar-refractivity contribution is -0.117. The second kappa shape index (κ2) is 7.64. The third-order valence-corrected chi connectivity index (χ3v) is 5.77. The molecule has 0 saturated heterocycles. The summed E-state index contributed by atoms with van der Waals surface area (Å²) in [5.74, 6) is 1.39. The predicted octanol–water partition coefficient (Wildman–Crippen LogP) is 4.27. The van der Waals surface area contributed by atoms with E-state index in [-0.39, 0.29) is 5.91 Å². The van der Waals surface area contributed by atoms with Crippen molar-refractivity contribution in [2.45, 2.75) is 19.8 Å². The van der Waals surface area contributed by atoms with Crippen molar-refractivity contribution in [2.75, 3.05) is 25.7 Å². The first-order valence-corrected chi connectivity index (χ1v) is 10.0. The predicted molar refractivity (Wildman–Crippen MR) is 112 cm³/mol.